The maximum atomic E-state index is 10.4. The largest absolute Gasteiger partial charge is 0.353 e. The van der Waals surface area contributed by atoms with Gasteiger partial charge in [0.05, 0.1) is 0 Å². The maximum Gasteiger partial charge on any atom is 0.353 e. The molecule has 0 bridgehead atoms. The number of hydrogen-bond donors (Lipinski definition) is 1. The molecule has 0 aliphatic carbocycles. The van der Waals surface area contributed by atoms with Crippen LogP contribution >= 0.6 is 0 Å². The Morgan fingerprint density at radius 1 is 1.44 bits per heavy atom. The van der Waals surface area contributed by atoms with E-state index < -0.39 is 15.3 Å². The molecule has 0 atom stereocenters. The van der Waals surface area contributed by atoms with Crippen LogP contribution in [0, 0.1) is 0 Å². The van der Waals surface area contributed by atoms with E-state index in [2.05, 4.69) is 5.14 Å². The molecule has 0 saturated heterocycles. The van der Waals surface area contributed by atoms with Crippen LogP contribution in [0.2, 0.25) is 0 Å². The summed E-state index contributed by atoms with van der Waals surface area (Å²) in [5.41, 5.74) is 0. The first kappa shape index (κ1) is 8.38. The average Bonchev–Trinajstić information content (AvgIpc) is 1.62. The van der Waals surface area contributed by atoms with Crippen LogP contribution in [-0.4, -0.2) is 32.7 Å². The molecule has 2 N–H and O–H groups in total. The third-order valence-electron chi connectivity index (χ3n) is 0.609. The Hall–Kier alpha value is -0.620. The molecule has 1 amide bonds. The summed E-state index contributed by atoms with van der Waals surface area (Å²) in [7, 11) is -1.39. The summed E-state index contributed by atoms with van der Waals surface area (Å²) in [5.74, 6) is 0. The summed E-state index contributed by atoms with van der Waals surface area (Å²) >= 11 is 0. The first-order valence-electron chi connectivity index (χ1n) is 2.10. The first-order chi connectivity index (χ1) is 3.85. The van der Waals surface area contributed by atoms with Crippen molar-refractivity contribution in [3.63, 3.8) is 0 Å². The van der Waals surface area contributed by atoms with E-state index in [1.165, 1.54) is 14.1 Å². The number of nitrogens with zero attached hydrogens (tertiary/aromatic N) is 1. The van der Waals surface area contributed by atoms with Crippen molar-refractivity contribution in [2.45, 2.75) is 0 Å². The van der Waals surface area contributed by atoms with Crippen LogP contribution in [0.5, 0.6) is 0 Å². The van der Waals surface area contributed by atoms with Crippen LogP contribution in [0.4, 0.5) is 4.79 Å². The molecular formula is C3H8N2O3S. The lowest BCUT2D eigenvalue weighted by Gasteiger charge is -2.05. The molecule has 0 aromatic heterocycles. The van der Waals surface area contributed by atoms with Gasteiger partial charge in [-0.25, -0.2) is 13.6 Å². The highest BCUT2D eigenvalue weighted by molar-refractivity contribution is 8.04. The summed E-state index contributed by atoms with van der Waals surface area (Å²) in [4.78, 5) is 11.3. The average molecular weight is 152 g/mol. The second kappa shape index (κ2) is 2.32. The molecule has 0 aliphatic heterocycles. The van der Waals surface area contributed by atoms with Gasteiger partial charge in [-0.2, -0.15) is 0 Å². The molecule has 0 aromatic rings. The molecule has 0 rings (SSSR count). The molecule has 54 valence electrons. The Labute approximate surface area is 53.5 Å². The van der Waals surface area contributed by atoms with Gasteiger partial charge in [-0.3, -0.25) is 4.79 Å². The van der Waals surface area contributed by atoms with E-state index in [1.807, 2.05) is 0 Å². The number of carbonyl (C=O) groups is 1. The molecule has 9 heavy (non-hydrogen) atoms. The minimum Gasteiger partial charge on any atom is -0.334 e. The van der Waals surface area contributed by atoms with Gasteiger partial charge >= 0.3 is 5.24 Å². The van der Waals surface area contributed by atoms with Crippen molar-refractivity contribution in [1.82, 2.24) is 4.90 Å². The molecular weight excluding hydrogens is 144 g/mol. The smallest absolute Gasteiger partial charge is 0.334 e. The van der Waals surface area contributed by atoms with E-state index in [0.29, 0.717) is 0 Å². The SMILES string of the molecule is CN(C)C(=O)S(N)(=O)=O. The van der Waals surface area contributed by atoms with Crippen molar-refractivity contribution in [3.8, 4) is 0 Å². The highest BCUT2D eigenvalue weighted by Crippen LogP contribution is 1.86. The zero-order chi connectivity index (χ0) is 7.65. The summed E-state index contributed by atoms with van der Waals surface area (Å²) in [6, 6.07) is 0. The van der Waals surface area contributed by atoms with Gasteiger partial charge < -0.3 is 4.90 Å². The Kier molecular flexibility index (Phi) is 2.16. The number of hydrogen-bond acceptors (Lipinski definition) is 3. The zero-order valence-corrected chi connectivity index (χ0v) is 5.97. The fourth-order valence-electron chi connectivity index (χ4n) is 0.254. The number of carbonyl (C=O) groups excluding carboxylic acids is 1. The summed E-state index contributed by atoms with van der Waals surface area (Å²) in [6.07, 6.45) is 0. The lowest BCUT2D eigenvalue weighted by molar-refractivity contribution is 0.238. The quantitative estimate of drug-likeness (QED) is 0.481. The van der Waals surface area contributed by atoms with Crippen molar-refractivity contribution in [2.75, 3.05) is 14.1 Å². The minimum absolute atomic E-state index is 0.898. The van der Waals surface area contributed by atoms with Gasteiger partial charge in [0.1, 0.15) is 0 Å². The van der Waals surface area contributed by atoms with Crippen LogP contribution in [0.25, 0.3) is 0 Å². The second-order valence-corrected chi connectivity index (χ2v) is 3.14. The number of amides is 1. The summed E-state index contributed by atoms with van der Waals surface area (Å²) in [5, 5.41) is 3.38. The van der Waals surface area contributed by atoms with E-state index in [4.69, 9.17) is 0 Å². The predicted octanol–water partition coefficient (Wildman–Crippen LogP) is -1.04. The molecule has 0 saturated carbocycles. The van der Waals surface area contributed by atoms with Crippen molar-refractivity contribution in [2.24, 2.45) is 5.14 Å². The molecule has 0 aliphatic rings. The van der Waals surface area contributed by atoms with E-state index in [0.717, 1.165) is 4.90 Å². The van der Waals surface area contributed by atoms with Crippen LogP contribution in [-0.2, 0) is 10.0 Å². The lowest BCUT2D eigenvalue weighted by Crippen LogP contribution is -2.33. The Morgan fingerprint density at radius 3 is 1.78 bits per heavy atom. The minimum atomic E-state index is -4.02. The van der Waals surface area contributed by atoms with Gasteiger partial charge in [0.2, 0.25) is 0 Å². The number of primary sulfonamides is 1. The fourth-order valence-corrected chi connectivity index (χ4v) is 0.763. The molecule has 0 fully saturated rings. The Morgan fingerprint density at radius 2 is 1.78 bits per heavy atom. The van der Waals surface area contributed by atoms with E-state index in [1.54, 1.807) is 0 Å². The summed E-state index contributed by atoms with van der Waals surface area (Å²) in [6.45, 7) is 0. The Bertz CT molecular complexity index is 205. The number of sulfonamides is 1. The second-order valence-electron chi connectivity index (χ2n) is 1.71. The summed E-state index contributed by atoms with van der Waals surface area (Å²) < 4.78 is 20.3. The van der Waals surface area contributed by atoms with Crippen molar-refractivity contribution < 1.29 is 13.2 Å². The van der Waals surface area contributed by atoms with Gasteiger partial charge in [-0.15, -0.1) is 0 Å². The molecule has 0 spiro atoms. The molecule has 0 unspecified atom stereocenters. The monoisotopic (exact) mass is 152 g/mol. The molecule has 0 heterocycles. The highest BCUT2D eigenvalue weighted by Gasteiger charge is 2.17. The third kappa shape index (κ3) is 2.43. The van der Waals surface area contributed by atoms with Crippen LogP contribution in [0.15, 0.2) is 0 Å². The highest BCUT2D eigenvalue weighted by atomic mass is 32.2. The third-order valence-corrected chi connectivity index (χ3v) is 1.46. The molecule has 5 nitrogen and oxygen atoms in total. The van der Waals surface area contributed by atoms with E-state index in [9.17, 15) is 13.2 Å². The standard InChI is InChI=1S/C3H8N2O3S/c1-5(2)3(6)9(4,7)8/h1-2H3,(H2,4,7,8). The van der Waals surface area contributed by atoms with Crippen LogP contribution in [0.1, 0.15) is 0 Å². The van der Waals surface area contributed by atoms with E-state index in [-0.39, 0.29) is 0 Å². The maximum absolute atomic E-state index is 10.4. The fraction of sp³-hybridized carbons (Fsp3) is 0.667. The molecule has 0 radical (unpaired) electrons. The van der Waals surface area contributed by atoms with Gasteiger partial charge in [-0.1, -0.05) is 0 Å². The molecule has 6 heteroatoms. The van der Waals surface area contributed by atoms with Gasteiger partial charge in [0.15, 0.2) is 0 Å². The first-order valence-corrected chi connectivity index (χ1v) is 3.64. The van der Waals surface area contributed by atoms with Gasteiger partial charge in [0.25, 0.3) is 10.0 Å². The zero-order valence-electron chi connectivity index (χ0n) is 5.16. The van der Waals surface area contributed by atoms with Gasteiger partial charge in [-0.05, 0) is 0 Å². The lowest BCUT2D eigenvalue weighted by atomic mass is 11.0. The Balaban J connectivity index is 4.45. The van der Waals surface area contributed by atoms with Crippen molar-refractivity contribution >= 4 is 15.3 Å². The van der Waals surface area contributed by atoms with E-state index >= 15 is 0 Å². The van der Waals surface area contributed by atoms with Crippen molar-refractivity contribution in [3.05, 3.63) is 0 Å². The number of nitrogens with two attached hydrogens (primary N) is 1. The number of rotatable bonds is 0. The van der Waals surface area contributed by atoms with Crippen LogP contribution < -0.4 is 5.14 Å². The van der Waals surface area contributed by atoms with Crippen LogP contribution in [0.3, 0.4) is 0 Å². The van der Waals surface area contributed by atoms with Crippen molar-refractivity contribution in [1.29, 1.82) is 0 Å². The normalized spacial score (nSPS) is 11.0. The van der Waals surface area contributed by atoms with Gasteiger partial charge in [0, 0.05) is 14.1 Å². The predicted molar refractivity (Wildman–Crippen MR) is 32.2 cm³/mol. The topological polar surface area (TPSA) is 80.5 Å². The molecule has 0 aromatic carbocycles.